The van der Waals surface area contributed by atoms with Gasteiger partial charge in [-0.15, -0.1) is 0 Å². The van der Waals surface area contributed by atoms with E-state index in [-0.39, 0.29) is 31.4 Å². The molecule has 1 aromatic heterocycles. The van der Waals surface area contributed by atoms with Crippen LogP contribution in [-0.4, -0.2) is 59.8 Å². The van der Waals surface area contributed by atoms with Crippen LogP contribution >= 0.6 is 0 Å². The van der Waals surface area contributed by atoms with Gasteiger partial charge in [0.2, 0.25) is 0 Å². The van der Waals surface area contributed by atoms with Crippen LogP contribution in [0.2, 0.25) is 0 Å². The van der Waals surface area contributed by atoms with Gasteiger partial charge < -0.3 is 38.1 Å². The number of nitrogens with one attached hydrogen (secondary N) is 2. The minimum absolute atomic E-state index is 0.0357. The van der Waals surface area contributed by atoms with Gasteiger partial charge in [-0.1, -0.05) is 24.3 Å². The third-order valence-electron chi connectivity index (χ3n) is 5.59. The van der Waals surface area contributed by atoms with Crippen LogP contribution < -0.4 is 20.5 Å². The van der Waals surface area contributed by atoms with Gasteiger partial charge in [0.15, 0.2) is 12.4 Å². The van der Waals surface area contributed by atoms with Crippen molar-refractivity contribution in [3.05, 3.63) is 82.4 Å². The van der Waals surface area contributed by atoms with E-state index < -0.39 is 48.4 Å². The fraction of sp³-hybridized carbons (Fsp3) is 0.286. The zero-order valence-corrected chi connectivity index (χ0v) is 23.0. The summed E-state index contributed by atoms with van der Waals surface area (Å²) in [6.07, 6.45) is -3.46. The molecule has 4 rings (SSSR count). The molecule has 1 saturated heterocycles. The highest BCUT2D eigenvalue weighted by Crippen LogP contribution is 2.30. The molecule has 15 heteroatoms. The maximum atomic E-state index is 12.7. The van der Waals surface area contributed by atoms with Crippen LogP contribution in [0.1, 0.15) is 31.1 Å². The van der Waals surface area contributed by atoms with Crippen LogP contribution in [0.5, 0.6) is 11.5 Å². The molecule has 3 atom stereocenters. The quantitative estimate of drug-likeness (QED) is 0.256. The molecular weight excluding hydrogens is 570 g/mol. The number of esters is 2. The summed E-state index contributed by atoms with van der Waals surface area (Å²) in [5, 5.41) is 2.37. The maximum absolute atomic E-state index is 12.7. The van der Waals surface area contributed by atoms with Crippen molar-refractivity contribution in [3.63, 3.8) is 0 Å². The molecule has 0 bridgehead atoms. The maximum Gasteiger partial charge on any atom is 0.508 e. The fourth-order valence-corrected chi connectivity index (χ4v) is 3.80. The Balaban J connectivity index is 1.33. The number of aromatic amines is 1. The first-order valence-corrected chi connectivity index (χ1v) is 12.8. The van der Waals surface area contributed by atoms with Gasteiger partial charge in [-0.3, -0.25) is 14.9 Å². The molecule has 2 N–H and O–H groups in total. The van der Waals surface area contributed by atoms with Crippen molar-refractivity contribution >= 4 is 30.0 Å². The van der Waals surface area contributed by atoms with Gasteiger partial charge in [-0.25, -0.2) is 14.4 Å². The molecule has 2 aromatic carbocycles. The molecule has 0 radical (unpaired) electrons. The number of hydrogen-bond acceptors (Lipinski definition) is 13. The molecule has 1 amide bonds. The summed E-state index contributed by atoms with van der Waals surface area (Å²) in [5.41, 5.74) is 0.440. The number of amides is 1. The Morgan fingerprint density at radius 2 is 1.60 bits per heavy atom. The molecule has 2 heterocycles. The number of hydrogen-bond donors (Lipinski definition) is 2. The SMILES string of the molecule is CC(=O)Oc1ccc(COC(=O)OCC2OCC(C(OC(=O)Nc3cc[nH]c(=O)n3)c3ccc(OC(C)=O)cc3)O2)cc1. The summed E-state index contributed by atoms with van der Waals surface area (Å²) in [7, 11) is 0. The van der Waals surface area contributed by atoms with Crippen molar-refractivity contribution in [2.24, 2.45) is 0 Å². The van der Waals surface area contributed by atoms with Gasteiger partial charge in [0.05, 0.1) is 6.61 Å². The molecule has 15 nitrogen and oxygen atoms in total. The Bertz CT molecular complexity index is 1490. The molecule has 3 aromatic rings. The number of ether oxygens (including phenoxy) is 7. The smallest absolute Gasteiger partial charge is 0.438 e. The van der Waals surface area contributed by atoms with Crippen LogP contribution in [0.15, 0.2) is 65.6 Å². The van der Waals surface area contributed by atoms with Gasteiger partial charge in [0, 0.05) is 20.0 Å². The number of rotatable bonds is 10. The third kappa shape index (κ3) is 9.65. The van der Waals surface area contributed by atoms with E-state index in [4.69, 9.17) is 33.2 Å². The Morgan fingerprint density at radius 1 is 0.953 bits per heavy atom. The second kappa shape index (κ2) is 14.6. The van der Waals surface area contributed by atoms with E-state index in [9.17, 15) is 24.0 Å². The number of carbonyl (C=O) groups excluding carboxylic acids is 4. The highest BCUT2D eigenvalue weighted by atomic mass is 16.8. The van der Waals surface area contributed by atoms with Gasteiger partial charge in [-0.05, 0) is 41.5 Å². The van der Waals surface area contributed by atoms with E-state index in [1.54, 1.807) is 36.4 Å². The van der Waals surface area contributed by atoms with E-state index in [1.807, 2.05) is 0 Å². The largest absolute Gasteiger partial charge is 0.508 e. The first kappa shape index (κ1) is 30.7. The summed E-state index contributed by atoms with van der Waals surface area (Å²) in [6, 6.07) is 13.9. The van der Waals surface area contributed by atoms with Crippen LogP contribution in [0.4, 0.5) is 15.4 Å². The van der Waals surface area contributed by atoms with Crippen molar-refractivity contribution in [1.29, 1.82) is 0 Å². The normalized spacial score (nSPS) is 16.4. The monoisotopic (exact) mass is 597 g/mol. The summed E-state index contributed by atoms with van der Waals surface area (Å²) in [4.78, 5) is 64.4. The molecular formula is C28H27N3O12. The number of aromatic nitrogens is 2. The number of H-pyrrole nitrogens is 1. The summed E-state index contributed by atoms with van der Waals surface area (Å²) in [5.74, 6) is -0.355. The summed E-state index contributed by atoms with van der Waals surface area (Å²) >= 11 is 0. The standard InChI is InChI=1S/C28H27N3O12/c1-16(32)40-20-7-3-18(4-8-20)13-38-28(36)39-15-24-37-14-22(42-24)25(19-5-9-21(10-6-19)41-17(2)33)43-27(35)31-23-11-12-29-26(34)30-23/h3-12,22,24-25H,13-15H2,1-2H3,(H2,29,30,31,34,35). The molecule has 43 heavy (non-hydrogen) atoms. The third-order valence-corrected chi connectivity index (χ3v) is 5.59. The minimum atomic E-state index is -1.03. The second-order valence-corrected chi connectivity index (χ2v) is 8.92. The molecule has 226 valence electrons. The lowest BCUT2D eigenvalue weighted by molar-refractivity contribution is -0.132. The van der Waals surface area contributed by atoms with Gasteiger partial charge in [0.1, 0.15) is 36.6 Å². The van der Waals surface area contributed by atoms with Crippen LogP contribution in [0.3, 0.4) is 0 Å². The average molecular weight is 598 g/mol. The lowest BCUT2D eigenvalue weighted by Gasteiger charge is -2.23. The highest BCUT2D eigenvalue weighted by molar-refractivity contribution is 5.83. The molecule has 0 spiro atoms. The molecule has 0 saturated carbocycles. The first-order valence-electron chi connectivity index (χ1n) is 12.8. The Hall–Kier alpha value is -5.28. The van der Waals surface area contributed by atoms with E-state index >= 15 is 0 Å². The Labute approximate surface area is 244 Å². The predicted molar refractivity (Wildman–Crippen MR) is 144 cm³/mol. The van der Waals surface area contributed by atoms with Crippen molar-refractivity contribution in [3.8, 4) is 11.5 Å². The van der Waals surface area contributed by atoms with Crippen molar-refractivity contribution in [1.82, 2.24) is 9.97 Å². The van der Waals surface area contributed by atoms with E-state index in [0.717, 1.165) is 0 Å². The summed E-state index contributed by atoms with van der Waals surface area (Å²) < 4.78 is 37.2. The van der Waals surface area contributed by atoms with Crippen LogP contribution in [0, 0.1) is 0 Å². The molecule has 0 aliphatic carbocycles. The average Bonchev–Trinajstić information content (AvgIpc) is 3.43. The molecule has 1 aliphatic rings. The summed E-state index contributed by atoms with van der Waals surface area (Å²) in [6.45, 7) is 2.10. The fourth-order valence-electron chi connectivity index (χ4n) is 3.80. The first-order chi connectivity index (χ1) is 20.6. The second-order valence-electron chi connectivity index (χ2n) is 8.92. The van der Waals surface area contributed by atoms with Gasteiger partial charge in [-0.2, -0.15) is 4.98 Å². The lowest BCUT2D eigenvalue weighted by atomic mass is 10.0. The van der Waals surface area contributed by atoms with E-state index in [0.29, 0.717) is 16.9 Å². The number of anilines is 1. The van der Waals surface area contributed by atoms with E-state index in [1.165, 1.54) is 38.2 Å². The zero-order valence-electron chi connectivity index (χ0n) is 23.0. The molecule has 3 unspecified atom stereocenters. The van der Waals surface area contributed by atoms with Crippen molar-refractivity contribution < 1.29 is 52.3 Å². The topological polar surface area (TPSA) is 191 Å². The van der Waals surface area contributed by atoms with Gasteiger partial charge in [0.25, 0.3) is 0 Å². The van der Waals surface area contributed by atoms with Crippen molar-refractivity contribution in [2.75, 3.05) is 18.5 Å². The molecule has 1 fully saturated rings. The number of carbonyl (C=O) groups is 4. The predicted octanol–water partition coefficient (Wildman–Crippen LogP) is 3.01. The lowest BCUT2D eigenvalue weighted by Crippen LogP contribution is -2.29. The number of nitrogens with zero attached hydrogens (tertiary/aromatic N) is 1. The van der Waals surface area contributed by atoms with Crippen molar-refractivity contribution in [2.45, 2.75) is 39.0 Å². The zero-order chi connectivity index (χ0) is 30.8. The number of benzene rings is 2. The van der Waals surface area contributed by atoms with Crippen LogP contribution in [-0.2, 0) is 39.9 Å². The minimum Gasteiger partial charge on any atom is -0.438 e. The highest BCUT2D eigenvalue weighted by Gasteiger charge is 2.37. The van der Waals surface area contributed by atoms with E-state index in [2.05, 4.69) is 15.3 Å². The van der Waals surface area contributed by atoms with Gasteiger partial charge >= 0.3 is 29.9 Å². The Morgan fingerprint density at radius 3 is 2.23 bits per heavy atom. The molecule has 1 aliphatic heterocycles. The Kier molecular flexibility index (Phi) is 10.4. The van der Waals surface area contributed by atoms with Crippen LogP contribution in [0.25, 0.3) is 0 Å².